The van der Waals surface area contributed by atoms with Crippen molar-refractivity contribution < 1.29 is 9.47 Å². The number of aromatic nitrogens is 1. The number of halogens is 1. The number of hydrogen-bond donors (Lipinski definition) is 2. The Hall–Kier alpha value is -1.13. The smallest absolute Gasteiger partial charge is 0.191 e. The van der Waals surface area contributed by atoms with Crippen LogP contribution in [0, 0.1) is 0 Å². The first-order valence-electron chi connectivity index (χ1n) is 8.55. The molecule has 2 heterocycles. The number of nitrogens with zero attached hydrogens (tertiary/aromatic N) is 3. The Morgan fingerprint density at radius 1 is 1.44 bits per heavy atom. The molecule has 8 heteroatoms. The molecule has 1 atom stereocenters. The molecule has 142 valence electrons. The molecule has 1 aromatic heterocycles. The topological polar surface area (TPSA) is 71.0 Å². The van der Waals surface area contributed by atoms with Crippen LogP contribution in [0.15, 0.2) is 23.3 Å². The summed E-state index contributed by atoms with van der Waals surface area (Å²) in [7, 11) is 1.70. The van der Waals surface area contributed by atoms with Crippen molar-refractivity contribution in [3.05, 3.63) is 23.9 Å². The van der Waals surface area contributed by atoms with E-state index in [0.717, 1.165) is 50.2 Å². The third-order valence-electron chi connectivity index (χ3n) is 3.73. The zero-order valence-corrected chi connectivity index (χ0v) is 17.7. The lowest BCUT2D eigenvalue weighted by Crippen LogP contribution is -2.44. The second kappa shape index (κ2) is 12.3. The van der Waals surface area contributed by atoms with Gasteiger partial charge in [-0.05, 0) is 19.9 Å². The summed E-state index contributed by atoms with van der Waals surface area (Å²) in [5, 5.41) is 6.62. The zero-order chi connectivity index (χ0) is 17.2. The first-order valence-corrected chi connectivity index (χ1v) is 8.55. The Bertz CT molecular complexity index is 524. The highest BCUT2D eigenvalue weighted by Gasteiger charge is 2.15. The van der Waals surface area contributed by atoms with Crippen LogP contribution < -0.4 is 15.5 Å². The van der Waals surface area contributed by atoms with Gasteiger partial charge in [0.05, 0.1) is 26.4 Å². The summed E-state index contributed by atoms with van der Waals surface area (Å²) in [6.07, 6.45) is 1.84. The molecule has 0 aromatic carbocycles. The Labute approximate surface area is 167 Å². The number of nitrogens with one attached hydrogen (secondary N) is 2. The van der Waals surface area contributed by atoms with Gasteiger partial charge in [-0.2, -0.15) is 0 Å². The van der Waals surface area contributed by atoms with Crippen molar-refractivity contribution in [2.45, 2.75) is 26.4 Å². The summed E-state index contributed by atoms with van der Waals surface area (Å²) < 4.78 is 10.6. The van der Waals surface area contributed by atoms with Gasteiger partial charge in [-0.25, -0.2) is 9.98 Å². The minimum absolute atomic E-state index is 0. The van der Waals surface area contributed by atoms with Crippen molar-refractivity contribution in [3.63, 3.8) is 0 Å². The molecule has 1 unspecified atom stereocenters. The number of rotatable bonds is 7. The highest BCUT2D eigenvalue weighted by Crippen LogP contribution is 2.19. The molecule has 0 saturated carbocycles. The summed E-state index contributed by atoms with van der Waals surface area (Å²) in [5.74, 6) is 1.80. The number of morpholine rings is 1. The van der Waals surface area contributed by atoms with Gasteiger partial charge in [0.1, 0.15) is 5.82 Å². The summed E-state index contributed by atoms with van der Waals surface area (Å²) in [6.45, 7) is 9.39. The lowest BCUT2D eigenvalue weighted by atomic mass is 10.2. The molecule has 1 aliphatic rings. The highest BCUT2D eigenvalue weighted by molar-refractivity contribution is 14.0. The third-order valence-corrected chi connectivity index (χ3v) is 3.73. The predicted octanol–water partition coefficient (Wildman–Crippen LogP) is 1.63. The van der Waals surface area contributed by atoms with Crippen molar-refractivity contribution in [3.8, 4) is 0 Å². The maximum atomic E-state index is 5.43. The second-order valence-electron chi connectivity index (χ2n) is 5.78. The van der Waals surface area contributed by atoms with E-state index in [2.05, 4.69) is 40.4 Å². The van der Waals surface area contributed by atoms with Gasteiger partial charge in [-0.15, -0.1) is 24.0 Å². The molecular formula is C17H30IN5O2. The second-order valence-corrected chi connectivity index (χ2v) is 5.78. The first kappa shape index (κ1) is 21.9. The molecule has 1 aromatic rings. The van der Waals surface area contributed by atoms with E-state index < -0.39 is 0 Å². The quantitative estimate of drug-likeness (QED) is 0.364. The van der Waals surface area contributed by atoms with Crippen molar-refractivity contribution in [2.75, 3.05) is 51.5 Å². The zero-order valence-electron chi connectivity index (χ0n) is 15.3. The molecule has 2 rings (SSSR count). The lowest BCUT2D eigenvalue weighted by Gasteiger charge is -2.29. The van der Waals surface area contributed by atoms with Crippen LogP contribution in [0.2, 0.25) is 0 Å². The summed E-state index contributed by atoms with van der Waals surface area (Å²) in [4.78, 5) is 11.5. The van der Waals surface area contributed by atoms with Crippen LogP contribution in [0.1, 0.15) is 19.4 Å². The van der Waals surface area contributed by atoms with E-state index in [-0.39, 0.29) is 30.0 Å². The number of pyridine rings is 1. The number of guanidine groups is 1. The third kappa shape index (κ3) is 7.33. The number of methoxy groups -OCH3 is 1. The van der Waals surface area contributed by atoms with Crippen LogP contribution in [0.5, 0.6) is 0 Å². The van der Waals surface area contributed by atoms with E-state index in [0.29, 0.717) is 13.2 Å². The van der Waals surface area contributed by atoms with Gasteiger partial charge >= 0.3 is 0 Å². The summed E-state index contributed by atoms with van der Waals surface area (Å²) in [5.41, 5.74) is 1.12. The number of hydrogen-bond acceptors (Lipinski definition) is 5. The van der Waals surface area contributed by atoms with E-state index >= 15 is 0 Å². The summed E-state index contributed by atoms with van der Waals surface area (Å²) >= 11 is 0. The Morgan fingerprint density at radius 2 is 2.20 bits per heavy atom. The van der Waals surface area contributed by atoms with Gasteiger partial charge in [-0.1, -0.05) is 6.07 Å². The molecule has 0 amide bonds. The molecule has 0 aliphatic carbocycles. The monoisotopic (exact) mass is 463 g/mol. The van der Waals surface area contributed by atoms with Gasteiger partial charge in [0.25, 0.3) is 0 Å². The van der Waals surface area contributed by atoms with Crippen LogP contribution >= 0.6 is 24.0 Å². The van der Waals surface area contributed by atoms with Crippen LogP contribution in [0.4, 0.5) is 5.82 Å². The average Bonchev–Trinajstić information content (AvgIpc) is 2.61. The fraction of sp³-hybridized carbons (Fsp3) is 0.647. The first-order chi connectivity index (χ1) is 11.7. The van der Waals surface area contributed by atoms with Crippen molar-refractivity contribution in [1.82, 2.24) is 15.6 Å². The molecular weight excluding hydrogens is 433 g/mol. The standard InChI is InChI=1S/C17H29N5O2.HI/c1-4-18-17(21-14(2)13-23-3)20-12-15-6-5-7-19-16(15)22-8-10-24-11-9-22;/h5-7,14H,4,8-13H2,1-3H3,(H2,18,20,21);1H. The van der Waals surface area contributed by atoms with Crippen LogP contribution in [-0.4, -0.2) is 63.6 Å². The summed E-state index contributed by atoms with van der Waals surface area (Å²) in [6, 6.07) is 4.24. The van der Waals surface area contributed by atoms with E-state index in [1.807, 2.05) is 12.3 Å². The van der Waals surface area contributed by atoms with Crippen LogP contribution in [-0.2, 0) is 16.0 Å². The van der Waals surface area contributed by atoms with Gasteiger partial charge in [0, 0.05) is 44.5 Å². The molecule has 0 radical (unpaired) electrons. The average molecular weight is 463 g/mol. The van der Waals surface area contributed by atoms with E-state index in [9.17, 15) is 0 Å². The van der Waals surface area contributed by atoms with Gasteiger partial charge in [0.2, 0.25) is 0 Å². The maximum Gasteiger partial charge on any atom is 0.191 e. The molecule has 1 aliphatic heterocycles. The fourth-order valence-electron chi connectivity index (χ4n) is 2.62. The van der Waals surface area contributed by atoms with Crippen molar-refractivity contribution in [1.29, 1.82) is 0 Å². The molecule has 0 spiro atoms. The molecule has 7 nitrogen and oxygen atoms in total. The minimum Gasteiger partial charge on any atom is -0.383 e. The van der Waals surface area contributed by atoms with Gasteiger partial charge in [0.15, 0.2) is 5.96 Å². The molecule has 1 saturated heterocycles. The number of anilines is 1. The molecule has 1 fully saturated rings. The van der Waals surface area contributed by atoms with Crippen LogP contribution in [0.3, 0.4) is 0 Å². The van der Waals surface area contributed by atoms with Crippen molar-refractivity contribution >= 4 is 35.8 Å². The van der Waals surface area contributed by atoms with Crippen molar-refractivity contribution in [2.24, 2.45) is 4.99 Å². The molecule has 25 heavy (non-hydrogen) atoms. The molecule has 2 N–H and O–H groups in total. The number of aliphatic imine (C=N–C) groups is 1. The fourth-order valence-corrected chi connectivity index (χ4v) is 2.62. The Kier molecular flexibility index (Phi) is 10.7. The minimum atomic E-state index is 0. The Morgan fingerprint density at radius 3 is 2.88 bits per heavy atom. The SMILES string of the molecule is CCNC(=NCc1cccnc1N1CCOCC1)NC(C)COC.I. The lowest BCUT2D eigenvalue weighted by molar-refractivity contribution is 0.122. The highest BCUT2D eigenvalue weighted by atomic mass is 127. The van der Waals surface area contributed by atoms with Gasteiger partial charge < -0.3 is 25.0 Å². The van der Waals surface area contributed by atoms with Crippen LogP contribution in [0.25, 0.3) is 0 Å². The maximum absolute atomic E-state index is 5.43. The van der Waals surface area contributed by atoms with E-state index in [1.54, 1.807) is 7.11 Å². The van der Waals surface area contributed by atoms with E-state index in [4.69, 9.17) is 14.5 Å². The Balaban J connectivity index is 0.00000312. The molecule has 0 bridgehead atoms. The normalized spacial score (nSPS) is 16.1. The largest absolute Gasteiger partial charge is 0.383 e. The van der Waals surface area contributed by atoms with E-state index in [1.165, 1.54) is 0 Å². The van der Waals surface area contributed by atoms with Gasteiger partial charge in [-0.3, -0.25) is 0 Å². The predicted molar refractivity (Wildman–Crippen MR) is 112 cm³/mol. The number of ether oxygens (including phenoxy) is 2.